The zero-order valence-electron chi connectivity index (χ0n) is 6.59. The summed E-state index contributed by atoms with van der Waals surface area (Å²) >= 11 is 0. The number of hydrogen-bond donors (Lipinski definition) is 1. The molecule has 1 aromatic rings. The Morgan fingerprint density at radius 2 is 2.33 bits per heavy atom. The average Bonchev–Trinajstić information content (AvgIpc) is 2.04. The van der Waals surface area contributed by atoms with Crippen molar-refractivity contribution in [1.82, 2.24) is 0 Å². The van der Waals surface area contributed by atoms with Crippen LogP contribution < -0.4 is 5.73 Å². The van der Waals surface area contributed by atoms with E-state index in [-0.39, 0.29) is 11.9 Å². The third-order valence-corrected chi connectivity index (χ3v) is 2.07. The first-order chi connectivity index (χ1) is 5.79. The standard InChI is InChI=1S/C9H10FNO/c10-7-3-1-2-6-4-12-5-8(11)9(6)7/h1-3,8H,4-5,11H2. The number of nitrogens with two attached hydrogens (primary N) is 1. The smallest absolute Gasteiger partial charge is 0.128 e. The van der Waals surface area contributed by atoms with Crippen molar-refractivity contribution in [2.24, 2.45) is 5.73 Å². The Hall–Kier alpha value is -0.930. The van der Waals surface area contributed by atoms with Crippen LogP contribution in [0.2, 0.25) is 0 Å². The lowest BCUT2D eigenvalue weighted by molar-refractivity contribution is 0.0907. The first-order valence-electron chi connectivity index (χ1n) is 3.89. The highest BCUT2D eigenvalue weighted by molar-refractivity contribution is 5.32. The Morgan fingerprint density at radius 3 is 3.08 bits per heavy atom. The van der Waals surface area contributed by atoms with Gasteiger partial charge in [-0.05, 0) is 11.6 Å². The second-order valence-electron chi connectivity index (χ2n) is 2.93. The summed E-state index contributed by atoms with van der Waals surface area (Å²) in [7, 11) is 0. The Bertz CT molecular complexity index is 301. The molecule has 2 nitrogen and oxygen atoms in total. The number of ether oxygens (including phenoxy) is 1. The van der Waals surface area contributed by atoms with Crippen molar-refractivity contribution in [2.45, 2.75) is 12.6 Å². The minimum Gasteiger partial charge on any atom is -0.375 e. The van der Waals surface area contributed by atoms with Gasteiger partial charge in [-0.3, -0.25) is 0 Å². The molecule has 1 aromatic carbocycles. The van der Waals surface area contributed by atoms with E-state index in [1.807, 2.05) is 6.07 Å². The zero-order chi connectivity index (χ0) is 8.55. The summed E-state index contributed by atoms with van der Waals surface area (Å²) in [4.78, 5) is 0. The van der Waals surface area contributed by atoms with Crippen LogP contribution in [0.1, 0.15) is 17.2 Å². The minimum atomic E-state index is -0.310. The van der Waals surface area contributed by atoms with Crippen LogP contribution in [0, 0.1) is 5.82 Å². The molecule has 0 aliphatic carbocycles. The van der Waals surface area contributed by atoms with Gasteiger partial charge in [-0.1, -0.05) is 12.1 Å². The molecular weight excluding hydrogens is 157 g/mol. The van der Waals surface area contributed by atoms with E-state index < -0.39 is 0 Å². The summed E-state index contributed by atoms with van der Waals surface area (Å²) in [5, 5.41) is 0. The van der Waals surface area contributed by atoms with Crippen molar-refractivity contribution in [3.8, 4) is 0 Å². The predicted molar refractivity (Wildman–Crippen MR) is 43.0 cm³/mol. The minimum absolute atomic E-state index is 0.219. The molecule has 0 radical (unpaired) electrons. The van der Waals surface area contributed by atoms with Gasteiger partial charge in [0.25, 0.3) is 0 Å². The molecule has 1 aliphatic heterocycles. The maximum atomic E-state index is 13.2. The molecule has 0 bridgehead atoms. The van der Waals surface area contributed by atoms with Gasteiger partial charge in [0, 0.05) is 5.56 Å². The van der Waals surface area contributed by atoms with E-state index in [1.54, 1.807) is 6.07 Å². The van der Waals surface area contributed by atoms with Crippen molar-refractivity contribution in [3.05, 3.63) is 35.1 Å². The van der Waals surface area contributed by atoms with Crippen molar-refractivity contribution >= 4 is 0 Å². The molecule has 64 valence electrons. The molecule has 0 fully saturated rings. The van der Waals surface area contributed by atoms with Crippen LogP contribution in [0.25, 0.3) is 0 Å². The monoisotopic (exact) mass is 167 g/mol. The van der Waals surface area contributed by atoms with Crippen LogP contribution in [-0.4, -0.2) is 6.61 Å². The predicted octanol–water partition coefficient (Wildman–Crippen LogP) is 1.36. The third kappa shape index (κ3) is 1.11. The highest BCUT2D eigenvalue weighted by Gasteiger charge is 2.20. The Labute approximate surface area is 70.1 Å². The fourth-order valence-corrected chi connectivity index (χ4v) is 1.50. The number of halogens is 1. The van der Waals surface area contributed by atoms with Gasteiger partial charge < -0.3 is 10.5 Å². The SMILES string of the molecule is NC1COCc2cccc(F)c21. The van der Waals surface area contributed by atoms with Crippen molar-refractivity contribution in [3.63, 3.8) is 0 Å². The summed E-state index contributed by atoms with van der Waals surface area (Å²) < 4.78 is 18.4. The van der Waals surface area contributed by atoms with Crippen LogP contribution in [0.4, 0.5) is 4.39 Å². The van der Waals surface area contributed by atoms with Gasteiger partial charge in [0.05, 0.1) is 19.3 Å². The van der Waals surface area contributed by atoms with Crippen LogP contribution in [0.15, 0.2) is 18.2 Å². The van der Waals surface area contributed by atoms with Gasteiger partial charge in [0.2, 0.25) is 0 Å². The molecule has 2 N–H and O–H groups in total. The highest BCUT2D eigenvalue weighted by atomic mass is 19.1. The van der Waals surface area contributed by atoms with E-state index in [4.69, 9.17) is 10.5 Å². The average molecular weight is 167 g/mol. The maximum Gasteiger partial charge on any atom is 0.128 e. The molecule has 0 aromatic heterocycles. The summed E-state index contributed by atoms with van der Waals surface area (Å²) in [6.45, 7) is 0.884. The lowest BCUT2D eigenvalue weighted by Gasteiger charge is -2.22. The van der Waals surface area contributed by atoms with Crippen molar-refractivity contribution in [2.75, 3.05) is 6.61 Å². The highest BCUT2D eigenvalue weighted by Crippen LogP contribution is 2.25. The first kappa shape index (κ1) is 7.71. The topological polar surface area (TPSA) is 35.2 Å². The van der Waals surface area contributed by atoms with Gasteiger partial charge in [0.15, 0.2) is 0 Å². The molecule has 0 spiro atoms. The molecule has 1 heterocycles. The van der Waals surface area contributed by atoms with E-state index >= 15 is 0 Å². The van der Waals surface area contributed by atoms with Crippen LogP contribution in [0.3, 0.4) is 0 Å². The quantitative estimate of drug-likeness (QED) is 0.633. The summed E-state index contributed by atoms with van der Waals surface area (Å²) in [6.07, 6.45) is 0. The van der Waals surface area contributed by atoms with E-state index in [9.17, 15) is 4.39 Å². The van der Waals surface area contributed by atoms with Gasteiger partial charge in [-0.15, -0.1) is 0 Å². The van der Waals surface area contributed by atoms with Crippen LogP contribution in [0.5, 0.6) is 0 Å². The molecular formula is C9H10FNO. The second-order valence-corrected chi connectivity index (χ2v) is 2.93. The molecule has 0 saturated carbocycles. The third-order valence-electron chi connectivity index (χ3n) is 2.07. The van der Waals surface area contributed by atoms with Gasteiger partial charge in [0.1, 0.15) is 5.82 Å². The molecule has 0 saturated heterocycles. The van der Waals surface area contributed by atoms with Crippen LogP contribution in [-0.2, 0) is 11.3 Å². The lowest BCUT2D eigenvalue weighted by Crippen LogP contribution is -2.24. The number of benzene rings is 1. The molecule has 1 unspecified atom stereocenters. The fraction of sp³-hybridized carbons (Fsp3) is 0.333. The fourth-order valence-electron chi connectivity index (χ4n) is 1.50. The van der Waals surface area contributed by atoms with E-state index in [0.29, 0.717) is 18.8 Å². The van der Waals surface area contributed by atoms with E-state index in [2.05, 4.69) is 0 Å². The van der Waals surface area contributed by atoms with Gasteiger partial charge in [-0.25, -0.2) is 4.39 Å². The van der Waals surface area contributed by atoms with E-state index in [0.717, 1.165) is 5.56 Å². The van der Waals surface area contributed by atoms with Crippen molar-refractivity contribution < 1.29 is 9.13 Å². The van der Waals surface area contributed by atoms with Crippen LogP contribution >= 0.6 is 0 Å². The van der Waals surface area contributed by atoms with E-state index in [1.165, 1.54) is 6.07 Å². The normalized spacial score (nSPS) is 22.0. The van der Waals surface area contributed by atoms with Crippen molar-refractivity contribution in [1.29, 1.82) is 0 Å². The molecule has 1 atom stereocenters. The Kier molecular flexibility index (Phi) is 1.83. The number of rotatable bonds is 0. The Morgan fingerprint density at radius 1 is 1.50 bits per heavy atom. The summed E-state index contributed by atoms with van der Waals surface area (Å²) in [5.74, 6) is -0.219. The number of hydrogen-bond acceptors (Lipinski definition) is 2. The lowest BCUT2D eigenvalue weighted by atomic mass is 9.99. The summed E-state index contributed by atoms with van der Waals surface area (Å²) in [6, 6.07) is 4.65. The first-order valence-corrected chi connectivity index (χ1v) is 3.89. The maximum absolute atomic E-state index is 13.2. The zero-order valence-corrected chi connectivity index (χ0v) is 6.59. The Balaban J connectivity index is 2.53. The van der Waals surface area contributed by atoms with Gasteiger partial charge in [-0.2, -0.15) is 0 Å². The second kappa shape index (κ2) is 2.84. The largest absolute Gasteiger partial charge is 0.375 e. The molecule has 2 rings (SSSR count). The molecule has 3 heteroatoms. The molecule has 0 amide bonds. The van der Waals surface area contributed by atoms with Gasteiger partial charge >= 0.3 is 0 Å². The molecule has 1 aliphatic rings. The summed E-state index contributed by atoms with van der Waals surface area (Å²) in [5.41, 5.74) is 7.17. The number of fused-ring (bicyclic) bond motifs is 1. The molecule has 12 heavy (non-hydrogen) atoms.